The summed E-state index contributed by atoms with van der Waals surface area (Å²) >= 11 is 0. The van der Waals surface area contributed by atoms with Crippen molar-refractivity contribution >= 4 is 27.6 Å². The van der Waals surface area contributed by atoms with Crippen LogP contribution in [0.3, 0.4) is 0 Å². The van der Waals surface area contributed by atoms with Gasteiger partial charge in [-0.25, -0.2) is 27.3 Å². The molecule has 0 aliphatic carbocycles. The SMILES string of the molecule is CC1=C(C#N)[C@@H](c2ccc(C#N)cc2S(C)(=O)=O)N(C(=O)NC(C)(C)CO)C(=O)N1c1cccc(CF)c1. The van der Waals surface area contributed by atoms with Crippen molar-refractivity contribution in [2.75, 3.05) is 17.8 Å². The highest BCUT2D eigenvalue weighted by molar-refractivity contribution is 7.90. The van der Waals surface area contributed by atoms with Crippen molar-refractivity contribution in [3.8, 4) is 12.1 Å². The Morgan fingerprint density at radius 3 is 2.42 bits per heavy atom. The van der Waals surface area contributed by atoms with Crippen LogP contribution in [-0.4, -0.2) is 48.9 Å². The molecule has 2 aromatic carbocycles. The van der Waals surface area contributed by atoms with E-state index in [1.54, 1.807) is 0 Å². The lowest BCUT2D eigenvalue weighted by molar-refractivity contribution is 0.152. The molecule has 0 unspecified atom stereocenters. The monoisotopic (exact) mass is 539 g/mol. The van der Waals surface area contributed by atoms with Crippen LogP contribution in [0.4, 0.5) is 19.7 Å². The number of aliphatic hydroxyl groups is 1. The molecule has 198 valence electrons. The molecule has 2 N–H and O–H groups in total. The maximum atomic E-state index is 14.0. The summed E-state index contributed by atoms with van der Waals surface area (Å²) in [5.41, 5.74) is -0.797. The number of benzene rings is 2. The molecule has 0 aromatic heterocycles. The number of nitriles is 2. The van der Waals surface area contributed by atoms with Gasteiger partial charge in [0.05, 0.1) is 46.0 Å². The van der Waals surface area contributed by atoms with E-state index in [-0.39, 0.29) is 38.5 Å². The van der Waals surface area contributed by atoms with Crippen LogP contribution in [0.15, 0.2) is 58.6 Å². The van der Waals surface area contributed by atoms with Crippen LogP contribution in [0.5, 0.6) is 0 Å². The Bertz CT molecular complexity index is 1520. The number of halogens is 1. The number of aliphatic hydroxyl groups excluding tert-OH is 1. The fourth-order valence-corrected chi connectivity index (χ4v) is 5.02. The molecular weight excluding hydrogens is 513 g/mol. The van der Waals surface area contributed by atoms with E-state index in [0.29, 0.717) is 4.90 Å². The van der Waals surface area contributed by atoms with Crippen molar-refractivity contribution in [3.63, 3.8) is 0 Å². The van der Waals surface area contributed by atoms with Crippen LogP contribution < -0.4 is 10.2 Å². The molecule has 10 nitrogen and oxygen atoms in total. The number of hydrogen-bond acceptors (Lipinski definition) is 7. The van der Waals surface area contributed by atoms with E-state index >= 15 is 0 Å². The number of amides is 4. The Morgan fingerprint density at radius 2 is 1.87 bits per heavy atom. The number of nitrogens with zero attached hydrogens (tertiary/aromatic N) is 4. The van der Waals surface area contributed by atoms with Gasteiger partial charge in [0.25, 0.3) is 0 Å². The summed E-state index contributed by atoms with van der Waals surface area (Å²) < 4.78 is 38.9. The third kappa shape index (κ3) is 5.37. The first kappa shape index (κ1) is 28.3. The second-order valence-electron chi connectivity index (χ2n) is 9.41. The summed E-state index contributed by atoms with van der Waals surface area (Å²) in [4.78, 5) is 29.0. The van der Waals surface area contributed by atoms with Gasteiger partial charge in [0.1, 0.15) is 12.7 Å². The Kier molecular flexibility index (Phi) is 7.91. The smallest absolute Gasteiger partial charge is 0.337 e. The van der Waals surface area contributed by atoms with Gasteiger partial charge in [-0.3, -0.25) is 4.90 Å². The fraction of sp³-hybridized carbons (Fsp3) is 0.308. The quantitative estimate of drug-likeness (QED) is 0.567. The van der Waals surface area contributed by atoms with Crippen LogP contribution >= 0.6 is 0 Å². The molecule has 0 bridgehead atoms. The molecule has 1 aliphatic heterocycles. The molecule has 0 saturated heterocycles. The van der Waals surface area contributed by atoms with Crippen molar-refractivity contribution in [2.24, 2.45) is 0 Å². The van der Waals surface area contributed by atoms with Gasteiger partial charge in [0, 0.05) is 12.0 Å². The van der Waals surface area contributed by atoms with Gasteiger partial charge in [-0.1, -0.05) is 18.2 Å². The van der Waals surface area contributed by atoms with Crippen molar-refractivity contribution in [1.82, 2.24) is 10.2 Å². The maximum absolute atomic E-state index is 14.0. The molecule has 12 heteroatoms. The number of hydrogen-bond donors (Lipinski definition) is 2. The lowest BCUT2D eigenvalue weighted by atomic mass is 9.93. The van der Waals surface area contributed by atoms with Crippen molar-refractivity contribution in [2.45, 2.75) is 43.9 Å². The van der Waals surface area contributed by atoms with Gasteiger partial charge >= 0.3 is 12.1 Å². The lowest BCUT2D eigenvalue weighted by Gasteiger charge is -2.42. The maximum Gasteiger partial charge on any atom is 0.337 e. The first-order chi connectivity index (χ1) is 17.8. The summed E-state index contributed by atoms with van der Waals surface area (Å²) in [6.07, 6.45) is 0.911. The minimum Gasteiger partial charge on any atom is -0.394 e. The zero-order valence-corrected chi connectivity index (χ0v) is 22.0. The minimum absolute atomic E-state index is 0.0256. The second-order valence-corrected chi connectivity index (χ2v) is 11.4. The van der Waals surface area contributed by atoms with E-state index in [1.807, 2.05) is 12.1 Å². The Hall–Kier alpha value is -4.26. The molecule has 2 aromatic rings. The largest absolute Gasteiger partial charge is 0.394 e. The summed E-state index contributed by atoms with van der Waals surface area (Å²) in [5, 5.41) is 31.8. The first-order valence-electron chi connectivity index (χ1n) is 11.4. The van der Waals surface area contributed by atoms with Crippen molar-refractivity contribution < 1.29 is 27.5 Å². The predicted octanol–water partition coefficient (Wildman–Crippen LogP) is 3.69. The van der Waals surface area contributed by atoms with E-state index in [2.05, 4.69) is 5.32 Å². The van der Waals surface area contributed by atoms with Crippen molar-refractivity contribution in [1.29, 1.82) is 10.5 Å². The molecule has 4 amide bonds. The third-order valence-corrected chi connectivity index (χ3v) is 7.15. The number of carbonyl (C=O) groups excluding carboxylic acids is 2. The van der Waals surface area contributed by atoms with Gasteiger partial charge < -0.3 is 10.4 Å². The summed E-state index contributed by atoms with van der Waals surface area (Å²) in [6.45, 7) is 3.17. The minimum atomic E-state index is -3.99. The Balaban J connectivity index is 2.38. The van der Waals surface area contributed by atoms with Crippen LogP contribution in [0.1, 0.15) is 43.5 Å². The van der Waals surface area contributed by atoms with Crippen LogP contribution in [-0.2, 0) is 16.5 Å². The molecule has 1 aliphatic rings. The molecule has 3 rings (SSSR count). The number of rotatable bonds is 6. The van der Waals surface area contributed by atoms with E-state index in [9.17, 15) is 38.0 Å². The summed E-state index contributed by atoms with van der Waals surface area (Å²) in [7, 11) is -3.99. The number of imide groups is 1. The summed E-state index contributed by atoms with van der Waals surface area (Å²) in [6, 6.07) is 10.1. The molecular formula is C26H26FN5O5S. The molecule has 0 spiro atoms. The van der Waals surface area contributed by atoms with E-state index in [0.717, 1.165) is 17.2 Å². The zero-order chi connectivity index (χ0) is 28.4. The fourth-order valence-electron chi connectivity index (χ4n) is 4.07. The topological polar surface area (TPSA) is 155 Å². The second kappa shape index (κ2) is 10.6. The van der Waals surface area contributed by atoms with E-state index in [4.69, 9.17) is 0 Å². The molecule has 1 heterocycles. The average molecular weight is 540 g/mol. The van der Waals surface area contributed by atoms with Crippen LogP contribution in [0.2, 0.25) is 0 Å². The standard InChI is InChI=1S/C26H26FN5O5S/c1-16-21(14-29)23(20-9-8-18(13-28)11-22(20)38(4,36)37)32(24(34)30-26(2,3)15-33)25(35)31(16)19-7-5-6-17(10-19)12-27/h5-11,23,33H,12,15H2,1-4H3,(H,30,34)/t23-/m1/s1. The number of carbonyl (C=O) groups is 2. The molecule has 0 saturated carbocycles. The van der Waals surface area contributed by atoms with Gasteiger partial charge in [-0.15, -0.1) is 0 Å². The van der Waals surface area contributed by atoms with Crippen LogP contribution in [0, 0.1) is 22.7 Å². The molecule has 38 heavy (non-hydrogen) atoms. The zero-order valence-electron chi connectivity index (χ0n) is 21.2. The summed E-state index contributed by atoms with van der Waals surface area (Å²) in [5.74, 6) is 0. The molecule has 0 fully saturated rings. The van der Waals surface area contributed by atoms with Gasteiger partial charge in [0.15, 0.2) is 9.84 Å². The van der Waals surface area contributed by atoms with Gasteiger partial charge in [-0.05, 0) is 56.2 Å². The third-order valence-electron chi connectivity index (χ3n) is 5.99. The highest BCUT2D eigenvalue weighted by Gasteiger charge is 2.45. The molecule has 1 atom stereocenters. The highest BCUT2D eigenvalue weighted by atomic mass is 32.2. The highest BCUT2D eigenvalue weighted by Crippen LogP contribution is 2.41. The van der Waals surface area contributed by atoms with E-state index < -0.39 is 46.8 Å². The Labute approximate surface area is 220 Å². The number of sulfone groups is 1. The number of anilines is 1. The number of nitrogens with one attached hydrogen (secondary N) is 1. The van der Waals surface area contributed by atoms with E-state index in [1.165, 1.54) is 57.2 Å². The van der Waals surface area contributed by atoms with Crippen molar-refractivity contribution in [3.05, 3.63) is 70.4 Å². The average Bonchev–Trinajstić information content (AvgIpc) is 2.87. The van der Waals surface area contributed by atoms with Gasteiger partial charge in [0.2, 0.25) is 0 Å². The lowest BCUT2D eigenvalue weighted by Crippen LogP contribution is -2.59. The van der Waals surface area contributed by atoms with Crippen LogP contribution in [0.25, 0.3) is 0 Å². The number of urea groups is 2. The first-order valence-corrected chi connectivity index (χ1v) is 13.2. The number of allylic oxidation sites excluding steroid dienone is 1. The van der Waals surface area contributed by atoms with Gasteiger partial charge in [-0.2, -0.15) is 10.5 Å². The number of alkyl halides is 1. The normalized spacial score (nSPS) is 16.2. The molecule has 0 radical (unpaired) electrons. The predicted molar refractivity (Wildman–Crippen MR) is 136 cm³/mol. The Morgan fingerprint density at radius 1 is 1.18 bits per heavy atom.